The highest BCUT2D eigenvalue weighted by molar-refractivity contribution is 7.98. The highest BCUT2D eigenvalue weighted by atomic mass is 35.5. The molecule has 1 N–H and O–H groups in total. The minimum absolute atomic E-state index is 0.163. The zero-order chi connectivity index (χ0) is 18.9. The Kier molecular flexibility index (Phi) is 8.42. The topological polar surface area (TPSA) is 47.6 Å². The molecule has 0 aliphatic heterocycles. The number of carbonyl (C=O) groups excluding carboxylic acids is 1. The number of hydrogen-bond donors (Lipinski definition) is 1. The Labute approximate surface area is 168 Å². The summed E-state index contributed by atoms with van der Waals surface area (Å²) >= 11 is 13.9. The van der Waals surface area contributed by atoms with Crippen molar-refractivity contribution in [3.63, 3.8) is 0 Å². The van der Waals surface area contributed by atoms with E-state index in [1.165, 1.54) is 0 Å². The van der Waals surface area contributed by atoms with E-state index in [0.717, 1.165) is 11.3 Å². The van der Waals surface area contributed by atoms with Gasteiger partial charge in [-0.3, -0.25) is 4.79 Å². The summed E-state index contributed by atoms with van der Waals surface area (Å²) in [4.78, 5) is 12.1. The van der Waals surface area contributed by atoms with Crippen molar-refractivity contribution in [2.45, 2.75) is 18.8 Å². The molecular weight excluding hydrogens is 393 g/mol. The number of thioether (sulfide) groups is 1. The smallest absolute Gasteiger partial charge is 0.260 e. The molecule has 140 valence electrons. The van der Waals surface area contributed by atoms with Crippen molar-refractivity contribution in [1.29, 1.82) is 0 Å². The second-order valence-electron chi connectivity index (χ2n) is 5.48. The Morgan fingerprint density at radius 3 is 2.50 bits per heavy atom. The van der Waals surface area contributed by atoms with Crippen molar-refractivity contribution in [2.24, 2.45) is 0 Å². The molecule has 0 aliphatic rings. The maximum Gasteiger partial charge on any atom is 0.260 e. The second kappa shape index (κ2) is 10.6. The first kappa shape index (κ1) is 20.7. The molecule has 4 nitrogen and oxygen atoms in total. The number of carbonyl (C=O) groups is 1. The number of hydrogen-bond acceptors (Lipinski definition) is 4. The lowest BCUT2D eigenvalue weighted by molar-refractivity contribution is -0.127. The molecule has 2 aromatic rings. The second-order valence-corrected chi connectivity index (χ2v) is 7.40. The van der Waals surface area contributed by atoms with E-state index in [2.05, 4.69) is 5.32 Å². The van der Waals surface area contributed by atoms with Gasteiger partial charge in [0.25, 0.3) is 5.91 Å². The molecule has 0 spiro atoms. The normalized spacial score (nSPS) is 11.7. The van der Waals surface area contributed by atoms with Crippen LogP contribution in [0.2, 0.25) is 10.0 Å². The van der Waals surface area contributed by atoms with Gasteiger partial charge in [0, 0.05) is 34.2 Å². The van der Waals surface area contributed by atoms with Gasteiger partial charge in [0.05, 0.1) is 7.11 Å². The number of nitrogens with one attached hydrogen (secondary N) is 1. The van der Waals surface area contributed by atoms with Gasteiger partial charge in [-0.15, -0.1) is 0 Å². The molecule has 2 rings (SSSR count). The summed E-state index contributed by atoms with van der Waals surface area (Å²) in [5.74, 6) is 2.56. The zero-order valence-corrected chi connectivity index (χ0v) is 17.0. The first-order valence-corrected chi connectivity index (χ1v) is 10.0. The van der Waals surface area contributed by atoms with E-state index in [1.54, 1.807) is 37.9 Å². The van der Waals surface area contributed by atoms with Gasteiger partial charge in [-0.25, -0.2) is 0 Å². The third kappa shape index (κ3) is 6.31. The Bertz CT molecular complexity index is 722. The van der Waals surface area contributed by atoms with Crippen LogP contribution < -0.4 is 14.8 Å². The number of benzene rings is 2. The molecule has 0 bridgehead atoms. The third-order valence-electron chi connectivity index (χ3n) is 3.58. The van der Waals surface area contributed by atoms with Crippen molar-refractivity contribution in [1.82, 2.24) is 5.32 Å². The van der Waals surface area contributed by atoms with Gasteiger partial charge in [0.2, 0.25) is 0 Å². The molecule has 0 aliphatic carbocycles. The lowest BCUT2D eigenvalue weighted by Crippen LogP contribution is -2.37. The largest absolute Gasteiger partial charge is 0.497 e. The van der Waals surface area contributed by atoms with Crippen molar-refractivity contribution in [2.75, 3.05) is 19.4 Å². The predicted octanol–water partition coefficient (Wildman–Crippen LogP) is 4.82. The maximum absolute atomic E-state index is 12.1. The SMILES string of the molecule is COc1cccc(OC(C)C(=O)NCCSCc2c(Cl)cccc2Cl)c1. The van der Waals surface area contributed by atoms with Gasteiger partial charge in [-0.1, -0.05) is 35.3 Å². The Morgan fingerprint density at radius 1 is 1.15 bits per heavy atom. The van der Waals surface area contributed by atoms with Crippen molar-refractivity contribution < 1.29 is 14.3 Å². The van der Waals surface area contributed by atoms with Crippen LogP contribution in [0.4, 0.5) is 0 Å². The van der Waals surface area contributed by atoms with Gasteiger partial charge in [-0.2, -0.15) is 11.8 Å². The highest BCUT2D eigenvalue weighted by Crippen LogP contribution is 2.28. The molecule has 0 saturated carbocycles. The molecular formula is C19H21Cl2NO3S. The van der Waals surface area contributed by atoms with Gasteiger partial charge in [0.15, 0.2) is 6.10 Å². The van der Waals surface area contributed by atoms with Gasteiger partial charge in [0.1, 0.15) is 11.5 Å². The van der Waals surface area contributed by atoms with Crippen molar-refractivity contribution in [3.05, 3.63) is 58.1 Å². The van der Waals surface area contributed by atoms with E-state index in [1.807, 2.05) is 30.3 Å². The molecule has 0 heterocycles. The summed E-state index contributed by atoms with van der Waals surface area (Å²) in [6.07, 6.45) is -0.592. The van der Waals surface area contributed by atoms with Crippen molar-refractivity contribution >= 4 is 40.9 Å². The molecule has 0 radical (unpaired) electrons. The highest BCUT2D eigenvalue weighted by Gasteiger charge is 2.14. The minimum atomic E-state index is -0.592. The average molecular weight is 414 g/mol. The first-order chi connectivity index (χ1) is 12.5. The fourth-order valence-corrected chi connectivity index (χ4v) is 3.76. The van der Waals surface area contributed by atoms with Crippen LogP contribution in [-0.4, -0.2) is 31.4 Å². The van der Waals surface area contributed by atoms with E-state index in [0.29, 0.717) is 33.8 Å². The van der Waals surface area contributed by atoms with Crippen LogP contribution in [0.25, 0.3) is 0 Å². The number of halogens is 2. The summed E-state index contributed by atoms with van der Waals surface area (Å²) in [5.41, 5.74) is 0.918. The fourth-order valence-electron chi connectivity index (χ4n) is 2.17. The lowest BCUT2D eigenvalue weighted by atomic mass is 10.2. The Balaban J connectivity index is 1.71. The number of rotatable bonds is 9. The Morgan fingerprint density at radius 2 is 1.81 bits per heavy atom. The fraction of sp³-hybridized carbons (Fsp3) is 0.316. The van der Waals surface area contributed by atoms with Crippen LogP contribution in [-0.2, 0) is 10.5 Å². The Hall–Kier alpha value is -1.56. The minimum Gasteiger partial charge on any atom is -0.497 e. The van der Waals surface area contributed by atoms with Gasteiger partial charge in [-0.05, 0) is 36.8 Å². The van der Waals surface area contributed by atoms with Crippen LogP contribution in [0.5, 0.6) is 11.5 Å². The molecule has 26 heavy (non-hydrogen) atoms. The van der Waals surface area contributed by atoms with E-state index in [4.69, 9.17) is 32.7 Å². The molecule has 1 atom stereocenters. The van der Waals surface area contributed by atoms with E-state index in [9.17, 15) is 4.79 Å². The number of methoxy groups -OCH3 is 1. The van der Waals surface area contributed by atoms with Crippen LogP contribution in [0.1, 0.15) is 12.5 Å². The molecule has 0 aromatic heterocycles. The van der Waals surface area contributed by atoms with Crippen LogP contribution in [0, 0.1) is 0 Å². The first-order valence-electron chi connectivity index (χ1n) is 8.10. The van der Waals surface area contributed by atoms with Crippen molar-refractivity contribution in [3.8, 4) is 11.5 Å². The lowest BCUT2D eigenvalue weighted by Gasteiger charge is -2.15. The quantitative estimate of drug-likeness (QED) is 0.598. The zero-order valence-electron chi connectivity index (χ0n) is 14.6. The monoisotopic (exact) mass is 413 g/mol. The van der Waals surface area contributed by atoms with Gasteiger partial charge >= 0.3 is 0 Å². The number of amides is 1. The van der Waals surface area contributed by atoms with E-state index < -0.39 is 6.10 Å². The number of ether oxygens (including phenoxy) is 2. The van der Waals surface area contributed by atoms with Gasteiger partial charge < -0.3 is 14.8 Å². The molecule has 1 amide bonds. The average Bonchev–Trinajstić information content (AvgIpc) is 2.63. The third-order valence-corrected chi connectivity index (χ3v) is 5.27. The summed E-state index contributed by atoms with van der Waals surface area (Å²) < 4.78 is 10.8. The maximum atomic E-state index is 12.1. The predicted molar refractivity (Wildman–Crippen MR) is 109 cm³/mol. The van der Waals surface area contributed by atoms with Crippen LogP contribution >= 0.6 is 35.0 Å². The molecule has 0 fully saturated rings. The summed E-state index contributed by atoms with van der Waals surface area (Å²) in [6, 6.07) is 12.6. The molecule has 2 aromatic carbocycles. The van der Waals surface area contributed by atoms with Crippen LogP contribution in [0.15, 0.2) is 42.5 Å². The molecule has 7 heteroatoms. The van der Waals surface area contributed by atoms with E-state index >= 15 is 0 Å². The van der Waals surface area contributed by atoms with Crippen LogP contribution in [0.3, 0.4) is 0 Å². The molecule has 1 unspecified atom stereocenters. The summed E-state index contributed by atoms with van der Waals surface area (Å²) in [6.45, 7) is 2.25. The standard InChI is InChI=1S/C19H21Cl2NO3S/c1-13(25-15-6-3-5-14(11-15)24-2)19(23)22-9-10-26-12-16-17(20)7-4-8-18(16)21/h3-8,11,13H,9-10,12H2,1-2H3,(H,22,23). The summed E-state index contributed by atoms with van der Waals surface area (Å²) in [7, 11) is 1.59. The molecule has 0 saturated heterocycles. The van der Waals surface area contributed by atoms with E-state index in [-0.39, 0.29) is 5.91 Å². The summed E-state index contributed by atoms with van der Waals surface area (Å²) in [5, 5.41) is 4.19.